The van der Waals surface area contributed by atoms with E-state index < -0.39 is 0 Å². The molecule has 0 unspecified atom stereocenters. The molecule has 1 aliphatic carbocycles. The summed E-state index contributed by atoms with van der Waals surface area (Å²) in [6.45, 7) is 2.75. The Kier molecular flexibility index (Phi) is 7.29. The van der Waals surface area contributed by atoms with Crippen molar-refractivity contribution >= 4 is 45.8 Å². The molecule has 0 saturated carbocycles. The van der Waals surface area contributed by atoms with Crippen molar-refractivity contribution in [3.05, 3.63) is 56.9 Å². The van der Waals surface area contributed by atoms with Crippen LogP contribution in [0.1, 0.15) is 59.0 Å². The van der Waals surface area contributed by atoms with Crippen LogP contribution in [0.25, 0.3) is 6.08 Å². The van der Waals surface area contributed by atoms with E-state index in [2.05, 4.69) is 17.6 Å². The number of hydrogen-bond donors (Lipinski definition) is 2. The van der Waals surface area contributed by atoms with E-state index in [9.17, 15) is 9.59 Å². The molecule has 1 aromatic carbocycles. The first-order chi connectivity index (χ1) is 13.6. The van der Waals surface area contributed by atoms with Crippen LogP contribution in [0.4, 0.5) is 5.00 Å². The van der Waals surface area contributed by atoms with Crippen molar-refractivity contribution in [2.45, 2.75) is 45.4 Å². The molecule has 3 rings (SSSR count). The van der Waals surface area contributed by atoms with Crippen LogP contribution in [0.3, 0.4) is 0 Å². The molecule has 28 heavy (non-hydrogen) atoms. The van der Waals surface area contributed by atoms with E-state index in [0.29, 0.717) is 22.1 Å². The zero-order valence-corrected chi connectivity index (χ0v) is 17.6. The SMILES string of the molecule is CCCCNC(=O)c1c(NC(=O)/C=C/c2ccc(Cl)cc2)sc2c1CCCC2. The number of fused-ring (bicyclic) bond motifs is 1. The number of hydrogen-bond acceptors (Lipinski definition) is 3. The van der Waals surface area contributed by atoms with E-state index in [4.69, 9.17) is 11.6 Å². The molecule has 0 fully saturated rings. The quantitative estimate of drug-likeness (QED) is 0.465. The van der Waals surface area contributed by atoms with Gasteiger partial charge < -0.3 is 10.6 Å². The molecule has 2 N–H and O–H groups in total. The third-order valence-corrected chi connectivity index (χ3v) is 6.21. The van der Waals surface area contributed by atoms with E-state index in [1.54, 1.807) is 18.2 Å². The Morgan fingerprint density at radius 2 is 1.93 bits per heavy atom. The summed E-state index contributed by atoms with van der Waals surface area (Å²) in [7, 11) is 0. The van der Waals surface area contributed by atoms with Gasteiger partial charge in [0.25, 0.3) is 5.91 Å². The summed E-state index contributed by atoms with van der Waals surface area (Å²) in [5.41, 5.74) is 2.66. The lowest BCUT2D eigenvalue weighted by atomic mass is 9.95. The van der Waals surface area contributed by atoms with Crippen molar-refractivity contribution in [1.82, 2.24) is 5.32 Å². The van der Waals surface area contributed by atoms with E-state index >= 15 is 0 Å². The van der Waals surface area contributed by atoms with E-state index in [1.807, 2.05) is 12.1 Å². The maximum absolute atomic E-state index is 12.8. The van der Waals surface area contributed by atoms with Gasteiger partial charge in [-0.25, -0.2) is 0 Å². The third kappa shape index (κ3) is 5.24. The Hall–Kier alpha value is -2.11. The van der Waals surface area contributed by atoms with Crippen molar-refractivity contribution in [1.29, 1.82) is 0 Å². The van der Waals surface area contributed by atoms with Gasteiger partial charge in [0.2, 0.25) is 5.91 Å². The summed E-state index contributed by atoms with van der Waals surface area (Å²) in [6, 6.07) is 7.27. The summed E-state index contributed by atoms with van der Waals surface area (Å²) in [6.07, 6.45) is 9.30. The Bertz CT molecular complexity index is 871. The smallest absolute Gasteiger partial charge is 0.254 e. The lowest BCUT2D eigenvalue weighted by Gasteiger charge is -2.13. The zero-order chi connectivity index (χ0) is 19.9. The summed E-state index contributed by atoms with van der Waals surface area (Å²) >= 11 is 7.42. The summed E-state index contributed by atoms with van der Waals surface area (Å²) in [4.78, 5) is 26.5. The van der Waals surface area contributed by atoms with Crippen molar-refractivity contribution in [2.75, 3.05) is 11.9 Å². The number of amides is 2. The van der Waals surface area contributed by atoms with Crippen LogP contribution in [-0.2, 0) is 17.6 Å². The minimum absolute atomic E-state index is 0.0789. The number of carbonyl (C=O) groups excluding carboxylic acids is 2. The molecule has 0 bridgehead atoms. The van der Waals surface area contributed by atoms with Crippen LogP contribution in [0.2, 0.25) is 5.02 Å². The molecule has 0 radical (unpaired) electrons. The second-order valence-corrected chi connectivity index (χ2v) is 8.44. The summed E-state index contributed by atoms with van der Waals surface area (Å²) in [5.74, 6) is -0.319. The van der Waals surface area contributed by atoms with Gasteiger partial charge in [-0.1, -0.05) is 37.1 Å². The highest BCUT2D eigenvalue weighted by Gasteiger charge is 2.25. The number of anilines is 1. The van der Waals surface area contributed by atoms with Gasteiger partial charge >= 0.3 is 0 Å². The van der Waals surface area contributed by atoms with Crippen LogP contribution in [0, 0.1) is 0 Å². The molecule has 0 aliphatic heterocycles. The van der Waals surface area contributed by atoms with E-state index in [-0.39, 0.29) is 11.8 Å². The van der Waals surface area contributed by atoms with Gasteiger partial charge in [0.1, 0.15) is 5.00 Å². The maximum atomic E-state index is 12.8. The van der Waals surface area contributed by atoms with Crippen LogP contribution in [0.5, 0.6) is 0 Å². The van der Waals surface area contributed by atoms with Crippen LogP contribution in [0.15, 0.2) is 30.3 Å². The van der Waals surface area contributed by atoms with Crippen molar-refractivity contribution in [3.63, 3.8) is 0 Å². The highest BCUT2D eigenvalue weighted by molar-refractivity contribution is 7.17. The Labute approximate surface area is 175 Å². The third-order valence-electron chi connectivity index (χ3n) is 4.75. The Morgan fingerprint density at radius 3 is 2.68 bits per heavy atom. The van der Waals surface area contributed by atoms with Crippen molar-refractivity contribution < 1.29 is 9.59 Å². The standard InChI is InChI=1S/C22H25ClN2O2S/c1-2-3-14-24-21(27)20-17-6-4-5-7-18(17)28-22(20)25-19(26)13-10-15-8-11-16(23)12-9-15/h8-13H,2-7,14H2,1H3,(H,24,27)(H,25,26)/b13-10+. The predicted molar refractivity (Wildman–Crippen MR) is 117 cm³/mol. The van der Waals surface area contributed by atoms with Gasteiger partial charge in [-0.05, 0) is 61.4 Å². The number of benzene rings is 1. The number of aryl methyl sites for hydroxylation is 1. The monoisotopic (exact) mass is 416 g/mol. The average molecular weight is 417 g/mol. The molecule has 1 aliphatic rings. The normalized spacial score (nSPS) is 13.4. The van der Waals surface area contributed by atoms with Crippen molar-refractivity contribution in [3.8, 4) is 0 Å². The molecular formula is C22H25ClN2O2S. The predicted octanol–water partition coefficient (Wildman–Crippen LogP) is 5.46. The minimum atomic E-state index is -0.240. The fourth-order valence-electron chi connectivity index (χ4n) is 3.26. The van der Waals surface area contributed by atoms with Gasteiger partial charge in [-0.2, -0.15) is 0 Å². The first-order valence-electron chi connectivity index (χ1n) is 9.76. The molecular weight excluding hydrogens is 392 g/mol. The summed E-state index contributed by atoms with van der Waals surface area (Å²) in [5, 5.41) is 7.24. The molecule has 0 spiro atoms. The molecule has 148 valence electrons. The van der Waals surface area contributed by atoms with Gasteiger partial charge in [0.05, 0.1) is 5.56 Å². The highest BCUT2D eigenvalue weighted by Crippen LogP contribution is 2.38. The number of nitrogens with one attached hydrogen (secondary N) is 2. The Morgan fingerprint density at radius 1 is 1.18 bits per heavy atom. The van der Waals surface area contributed by atoms with Crippen LogP contribution < -0.4 is 10.6 Å². The van der Waals surface area contributed by atoms with Crippen molar-refractivity contribution in [2.24, 2.45) is 0 Å². The number of thiophene rings is 1. The highest BCUT2D eigenvalue weighted by atomic mass is 35.5. The molecule has 0 atom stereocenters. The number of carbonyl (C=O) groups is 2. The molecule has 1 heterocycles. The molecule has 0 saturated heterocycles. The molecule has 4 nitrogen and oxygen atoms in total. The van der Waals surface area contributed by atoms with Gasteiger partial charge in [0.15, 0.2) is 0 Å². The fourth-order valence-corrected chi connectivity index (χ4v) is 4.68. The molecule has 1 aromatic heterocycles. The zero-order valence-electron chi connectivity index (χ0n) is 16.0. The van der Waals surface area contributed by atoms with E-state index in [0.717, 1.165) is 49.7 Å². The minimum Gasteiger partial charge on any atom is -0.352 e. The molecule has 2 aromatic rings. The lowest BCUT2D eigenvalue weighted by molar-refractivity contribution is -0.111. The second kappa shape index (κ2) is 9.89. The fraction of sp³-hybridized carbons (Fsp3) is 0.364. The van der Waals surface area contributed by atoms with E-state index in [1.165, 1.54) is 22.3 Å². The number of unbranched alkanes of at least 4 members (excludes halogenated alkanes) is 1. The van der Waals surface area contributed by atoms with Crippen LogP contribution in [-0.4, -0.2) is 18.4 Å². The molecule has 2 amide bonds. The number of rotatable bonds is 7. The largest absolute Gasteiger partial charge is 0.352 e. The average Bonchev–Trinajstić information content (AvgIpc) is 3.05. The summed E-state index contributed by atoms with van der Waals surface area (Å²) < 4.78 is 0. The van der Waals surface area contributed by atoms with Gasteiger partial charge in [0, 0.05) is 22.5 Å². The molecule has 6 heteroatoms. The van der Waals surface area contributed by atoms with Crippen LogP contribution >= 0.6 is 22.9 Å². The number of halogens is 1. The Balaban J connectivity index is 1.76. The first kappa shape index (κ1) is 20.6. The first-order valence-corrected chi connectivity index (χ1v) is 10.9. The second-order valence-electron chi connectivity index (χ2n) is 6.90. The maximum Gasteiger partial charge on any atom is 0.254 e. The lowest BCUT2D eigenvalue weighted by Crippen LogP contribution is -2.26. The van der Waals surface area contributed by atoms with Gasteiger partial charge in [-0.15, -0.1) is 11.3 Å². The van der Waals surface area contributed by atoms with Gasteiger partial charge in [-0.3, -0.25) is 9.59 Å². The topological polar surface area (TPSA) is 58.2 Å².